The van der Waals surface area contributed by atoms with E-state index in [1.54, 1.807) is 0 Å². The predicted molar refractivity (Wildman–Crippen MR) is 81.5 cm³/mol. The van der Waals surface area contributed by atoms with E-state index in [2.05, 4.69) is 46.5 Å². The molecule has 0 saturated carbocycles. The molecule has 0 spiro atoms. The van der Waals surface area contributed by atoms with Gasteiger partial charge in [0.1, 0.15) is 0 Å². The molecule has 0 saturated heterocycles. The Balaban J connectivity index is 2.15. The Kier molecular flexibility index (Phi) is 3.70. The fourth-order valence-electron chi connectivity index (χ4n) is 2.51. The van der Waals surface area contributed by atoms with E-state index in [1.807, 2.05) is 36.8 Å². The molecule has 100 valence electrons. The van der Waals surface area contributed by atoms with Crippen molar-refractivity contribution in [3.8, 4) is 0 Å². The molecule has 0 aliphatic heterocycles. The molecule has 20 heavy (non-hydrogen) atoms. The van der Waals surface area contributed by atoms with E-state index in [0.29, 0.717) is 0 Å². The van der Waals surface area contributed by atoms with E-state index in [0.717, 1.165) is 12.2 Å². The average molecular weight is 263 g/mol. The van der Waals surface area contributed by atoms with Crippen LogP contribution in [0.15, 0.2) is 61.1 Å². The lowest BCUT2D eigenvalue weighted by Gasteiger charge is -2.19. The van der Waals surface area contributed by atoms with Crippen molar-refractivity contribution in [1.82, 2.24) is 15.3 Å². The standard InChI is InChI=1S/C17H17N3/c1-2-19-17(16-8-3-4-10-20-16)14-7-5-6-13-9-11-18-12-15(13)14/h3-12,17,19H,2H2,1H3. The molecule has 0 amide bonds. The van der Waals surface area contributed by atoms with Gasteiger partial charge in [0.15, 0.2) is 0 Å². The number of fused-ring (bicyclic) bond motifs is 1. The van der Waals surface area contributed by atoms with Crippen LogP contribution in [0, 0.1) is 0 Å². The summed E-state index contributed by atoms with van der Waals surface area (Å²) in [5.74, 6) is 0. The minimum absolute atomic E-state index is 0.0918. The van der Waals surface area contributed by atoms with Crippen molar-refractivity contribution in [1.29, 1.82) is 0 Å². The summed E-state index contributed by atoms with van der Waals surface area (Å²) < 4.78 is 0. The molecule has 0 radical (unpaired) electrons. The van der Waals surface area contributed by atoms with Crippen molar-refractivity contribution in [2.24, 2.45) is 0 Å². The van der Waals surface area contributed by atoms with Crippen LogP contribution in [0.25, 0.3) is 10.8 Å². The van der Waals surface area contributed by atoms with Gasteiger partial charge in [0.05, 0.1) is 11.7 Å². The number of pyridine rings is 2. The van der Waals surface area contributed by atoms with Gasteiger partial charge in [0, 0.05) is 24.0 Å². The molecule has 1 aromatic carbocycles. The average Bonchev–Trinajstić information content (AvgIpc) is 2.53. The lowest BCUT2D eigenvalue weighted by molar-refractivity contribution is 0.619. The summed E-state index contributed by atoms with van der Waals surface area (Å²) in [4.78, 5) is 8.76. The molecular formula is C17H17N3. The van der Waals surface area contributed by atoms with E-state index < -0.39 is 0 Å². The number of nitrogens with one attached hydrogen (secondary N) is 1. The van der Waals surface area contributed by atoms with E-state index in [1.165, 1.54) is 16.3 Å². The SMILES string of the molecule is CCNC(c1ccccn1)c1cccc2ccncc12. The van der Waals surface area contributed by atoms with E-state index >= 15 is 0 Å². The van der Waals surface area contributed by atoms with Crippen LogP contribution in [0.2, 0.25) is 0 Å². The first-order chi connectivity index (χ1) is 9.90. The minimum Gasteiger partial charge on any atom is -0.305 e. The zero-order valence-electron chi connectivity index (χ0n) is 11.5. The zero-order valence-corrected chi connectivity index (χ0v) is 11.5. The van der Waals surface area contributed by atoms with Gasteiger partial charge in [0.25, 0.3) is 0 Å². The number of rotatable bonds is 4. The number of nitrogens with zero attached hydrogens (tertiary/aromatic N) is 2. The molecule has 0 fully saturated rings. The zero-order chi connectivity index (χ0) is 13.8. The second kappa shape index (κ2) is 5.80. The highest BCUT2D eigenvalue weighted by Crippen LogP contribution is 2.27. The topological polar surface area (TPSA) is 37.8 Å². The monoisotopic (exact) mass is 263 g/mol. The normalized spacial score (nSPS) is 12.4. The van der Waals surface area contributed by atoms with Gasteiger partial charge in [-0.2, -0.15) is 0 Å². The minimum atomic E-state index is 0.0918. The number of hydrogen-bond acceptors (Lipinski definition) is 3. The molecule has 1 unspecified atom stereocenters. The third-order valence-electron chi connectivity index (χ3n) is 3.42. The van der Waals surface area contributed by atoms with Gasteiger partial charge < -0.3 is 5.32 Å². The maximum Gasteiger partial charge on any atom is 0.0757 e. The molecule has 1 atom stereocenters. The second-order valence-electron chi connectivity index (χ2n) is 4.69. The Morgan fingerprint density at radius 3 is 2.80 bits per heavy atom. The van der Waals surface area contributed by atoms with Crippen LogP contribution in [-0.2, 0) is 0 Å². The van der Waals surface area contributed by atoms with Gasteiger partial charge in [-0.25, -0.2) is 0 Å². The number of benzene rings is 1. The van der Waals surface area contributed by atoms with Crippen molar-refractivity contribution in [2.45, 2.75) is 13.0 Å². The molecule has 3 rings (SSSR count). The molecule has 0 bridgehead atoms. The van der Waals surface area contributed by atoms with Crippen LogP contribution in [0.1, 0.15) is 24.2 Å². The van der Waals surface area contributed by atoms with Crippen molar-refractivity contribution >= 4 is 10.8 Å². The second-order valence-corrected chi connectivity index (χ2v) is 4.69. The van der Waals surface area contributed by atoms with Crippen molar-refractivity contribution in [2.75, 3.05) is 6.54 Å². The lowest BCUT2D eigenvalue weighted by atomic mass is 9.97. The summed E-state index contributed by atoms with van der Waals surface area (Å²) >= 11 is 0. The van der Waals surface area contributed by atoms with Crippen LogP contribution < -0.4 is 5.32 Å². The van der Waals surface area contributed by atoms with E-state index in [-0.39, 0.29) is 6.04 Å². The first-order valence-corrected chi connectivity index (χ1v) is 6.87. The van der Waals surface area contributed by atoms with Gasteiger partial charge in [0.2, 0.25) is 0 Å². The summed E-state index contributed by atoms with van der Waals surface area (Å²) in [6.45, 7) is 3.00. The van der Waals surface area contributed by atoms with Gasteiger partial charge in [-0.05, 0) is 35.7 Å². The van der Waals surface area contributed by atoms with Gasteiger partial charge in [-0.1, -0.05) is 31.2 Å². The van der Waals surface area contributed by atoms with E-state index in [9.17, 15) is 0 Å². The van der Waals surface area contributed by atoms with Gasteiger partial charge >= 0.3 is 0 Å². The molecule has 2 heterocycles. The van der Waals surface area contributed by atoms with Crippen LogP contribution in [0.5, 0.6) is 0 Å². The lowest BCUT2D eigenvalue weighted by Crippen LogP contribution is -2.23. The first-order valence-electron chi connectivity index (χ1n) is 6.87. The van der Waals surface area contributed by atoms with Crippen molar-refractivity contribution in [3.05, 3.63) is 72.3 Å². The molecule has 0 aliphatic rings. The smallest absolute Gasteiger partial charge is 0.0757 e. The fraction of sp³-hybridized carbons (Fsp3) is 0.176. The number of hydrogen-bond donors (Lipinski definition) is 1. The third-order valence-corrected chi connectivity index (χ3v) is 3.42. The molecule has 3 aromatic rings. The van der Waals surface area contributed by atoms with Gasteiger partial charge in [-0.15, -0.1) is 0 Å². The van der Waals surface area contributed by atoms with Crippen molar-refractivity contribution < 1.29 is 0 Å². The fourth-order valence-corrected chi connectivity index (χ4v) is 2.51. The quantitative estimate of drug-likeness (QED) is 0.784. The predicted octanol–water partition coefficient (Wildman–Crippen LogP) is 3.33. The molecule has 0 aliphatic carbocycles. The molecule has 1 N–H and O–H groups in total. The third kappa shape index (κ3) is 2.40. The highest BCUT2D eigenvalue weighted by molar-refractivity contribution is 5.85. The largest absolute Gasteiger partial charge is 0.305 e. The first kappa shape index (κ1) is 12.8. The molecule has 3 nitrogen and oxygen atoms in total. The summed E-state index contributed by atoms with van der Waals surface area (Å²) in [5.41, 5.74) is 2.25. The number of aromatic nitrogens is 2. The van der Waals surface area contributed by atoms with Crippen LogP contribution >= 0.6 is 0 Å². The highest BCUT2D eigenvalue weighted by atomic mass is 14.9. The molecule has 3 heteroatoms. The Bertz CT molecular complexity index is 689. The highest BCUT2D eigenvalue weighted by Gasteiger charge is 2.16. The van der Waals surface area contributed by atoms with Crippen LogP contribution in [0.3, 0.4) is 0 Å². The summed E-state index contributed by atoms with van der Waals surface area (Å²) in [6, 6.07) is 14.5. The van der Waals surface area contributed by atoms with Crippen molar-refractivity contribution in [3.63, 3.8) is 0 Å². The molecule has 2 aromatic heterocycles. The summed E-state index contributed by atoms with van der Waals surface area (Å²) in [6.07, 6.45) is 5.59. The maximum atomic E-state index is 4.50. The summed E-state index contributed by atoms with van der Waals surface area (Å²) in [5, 5.41) is 5.89. The van der Waals surface area contributed by atoms with E-state index in [4.69, 9.17) is 0 Å². The Morgan fingerprint density at radius 1 is 1.05 bits per heavy atom. The Hall–Kier alpha value is -2.26. The van der Waals surface area contributed by atoms with Crippen LogP contribution in [0.4, 0.5) is 0 Å². The maximum absolute atomic E-state index is 4.50. The Labute approximate surface area is 118 Å². The Morgan fingerprint density at radius 2 is 2.00 bits per heavy atom. The molecular weight excluding hydrogens is 246 g/mol. The summed E-state index contributed by atoms with van der Waals surface area (Å²) in [7, 11) is 0. The van der Waals surface area contributed by atoms with Crippen LogP contribution in [-0.4, -0.2) is 16.5 Å². The van der Waals surface area contributed by atoms with Gasteiger partial charge in [-0.3, -0.25) is 9.97 Å².